The Labute approximate surface area is 121 Å². The zero-order chi connectivity index (χ0) is 14.5. The van der Waals surface area contributed by atoms with Gasteiger partial charge in [-0.25, -0.2) is 4.39 Å². The summed E-state index contributed by atoms with van der Waals surface area (Å²) >= 11 is 1.64. The number of aromatic hydroxyl groups is 1. The number of hydrogen-bond donors (Lipinski definition) is 1. The Hall–Kier alpha value is -2.07. The Bertz CT molecular complexity index is 648. The molecule has 0 spiro atoms. The van der Waals surface area contributed by atoms with E-state index in [1.165, 1.54) is 12.1 Å². The largest absolute Gasteiger partial charge is 0.507 e. The summed E-state index contributed by atoms with van der Waals surface area (Å²) in [6, 6.07) is 11.0. The minimum atomic E-state index is -0.552. The third-order valence-corrected chi connectivity index (χ3v) is 3.51. The Morgan fingerprint density at radius 2 is 1.90 bits per heavy atom. The molecule has 0 atom stereocenters. The molecule has 0 aliphatic carbocycles. The zero-order valence-electron chi connectivity index (χ0n) is 10.8. The molecule has 1 N–H and O–H groups in total. The summed E-state index contributed by atoms with van der Waals surface area (Å²) in [4.78, 5) is 13.0. The van der Waals surface area contributed by atoms with Crippen molar-refractivity contribution in [3.8, 4) is 5.75 Å². The normalized spacial score (nSPS) is 10.9. The van der Waals surface area contributed by atoms with Gasteiger partial charge in [-0.05, 0) is 48.2 Å². The molecule has 0 aromatic heterocycles. The molecule has 0 aliphatic heterocycles. The van der Waals surface area contributed by atoms with Gasteiger partial charge in [0.25, 0.3) is 0 Å². The van der Waals surface area contributed by atoms with Crippen LogP contribution in [0.1, 0.15) is 15.9 Å². The minimum absolute atomic E-state index is 0.0398. The van der Waals surface area contributed by atoms with Gasteiger partial charge in [0.15, 0.2) is 5.78 Å². The van der Waals surface area contributed by atoms with E-state index in [9.17, 15) is 14.3 Å². The maximum Gasteiger partial charge on any atom is 0.189 e. The number of carbonyl (C=O) groups is 1. The topological polar surface area (TPSA) is 37.3 Å². The molecule has 4 heteroatoms. The van der Waals surface area contributed by atoms with E-state index in [1.807, 2.05) is 30.5 Å². The smallest absolute Gasteiger partial charge is 0.189 e. The van der Waals surface area contributed by atoms with Gasteiger partial charge in [0.05, 0.1) is 5.56 Å². The van der Waals surface area contributed by atoms with Crippen LogP contribution < -0.4 is 0 Å². The Morgan fingerprint density at radius 1 is 1.20 bits per heavy atom. The number of halogens is 1. The number of rotatable bonds is 4. The van der Waals surface area contributed by atoms with Crippen LogP contribution in [0.15, 0.2) is 53.4 Å². The Kier molecular flexibility index (Phi) is 4.58. The number of thioether (sulfide) groups is 1. The van der Waals surface area contributed by atoms with Crippen LogP contribution in [0.5, 0.6) is 5.75 Å². The summed E-state index contributed by atoms with van der Waals surface area (Å²) in [7, 11) is 0. The minimum Gasteiger partial charge on any atom is -0.507 e. The highest BCUT2D eigenvalue weighted by atomic mass is 32.2. The van der Waals surface area contributed by atoms with Crippen molar-refractivity contribution in [2.75, 3.05) is 6.26 Å². The molecule has 2 rings (SSSR count). The zero-order valence-corrected chi connectivity index (χ0v) is 11.7. The second-order valence-corrected chi connectivity index (χ2v) is 5.01. The Balaban J connectivity index is 2.17. The molecule has 0 saturated carbocycles. The molecule has 0 fully saturated rings. The number of hydrogen-bond acceptors (Lipinski definition) is 3. The second-order valence-electron chi connectivity index (χ2n) is 4.13. The number of carbonyl (C=O) groups excluding carboxylic acids is 1. The standard InChI is InChI=1S/C16H13FO2S/c1-20-13-6-2-11(3-7-13)4-8-15(18)14-10-12(17)5-9-16(14)19/h2-10,19H,1H3. The van der Waals surface area contributed by atoms with Gasteiger partial charge >= 0.3 is 0 Å². The molecule has 0 bridgehead atoms. The first-order chi connectivity index (χ1) is 9.60. The summed E-state index contributed by atoms with van der Waals surface area (Å²) < 4.78 is 13.1. The van der Waals surface area contributed by atoms with Crippen molar-refractivity contribution in [3.05, 3.63) is 65.5 Å². The van der Waals surface area contributed by atoms with Crippen LogP contribution in [0, 0.1) is 5.82 Å². The van der Waals surface area contributed by atoms with Crippen LogP contribution in [-0.2, 0) is 0 Å². The van der Waals surface area contributed by atoms with E-state index in [0.717, 1.165) is 22.6 Å². The molecular formula is C16H13FO2S. The Morgan fingerprint density at radius 3 is 2.55 bits per heavy atom. The lowest BCUT2D eigenvalue weighted by atomic mass is 10.1. The number of allylic oxidation sites excluding steroid dienone is 1. The van der Waals surface area contributed by atoms with E-state index in [-0.39, 0.29) is 11.3 Å². The molecule has 2 nitrogen and oxygen atoms in total. The summed E-state index contributed by atoms with van der Waals surface area (Å²) in [5, 5.41) is 9.55. The average molecular weight is 288 g/mol. The molecule has 0 amide bonds. The van der Waals surface area contributed by atoms with Crippen LogP contribution >= 0.6 is 11.8 Å². The highest BCUT2D eigenvalue weighted by molar-refractivity contribution is 7.98. The van der Waals surface area contributed by atoms with Crippen molar-refractivity contribution < 1.29 is 14.3 Å². The highest BCUT2D eigenvalue weighted by Crippen LogP contribution is 2.20. The van der Waals surface area contributed by atoms with Gasteiger partial charge in [0.1, 0.15) is 11.6 Å². The average Bonchev–Trinajstić information content (AvgIpc) is 2.47. The first-order valence-corrected chi connectivity index (χ1v) is 7.17. The molecule has 20 heavy (non-hydrogen) atoms. The van der Waals surface area contributed by atoms with Crippen LogP contribution in [0.25, 0.3) is 6.08 Å². The summed E-state index contributed by atoms with van der Waals surface area (Å²) in [6.07, 6.45) is 4.94. The van der Waals surface area contributed by atoms with Crippen molar-refractivity contribution in [3.63, 3.8) is 0 Å². The second kappa shape index (κ2) is 6.39. The van der Waals surface area contributed by atoms with Crippen LogP contribution in [0.4, 0.5) is 4.39 Å². The number of benzene rings is 2. The van der Waals surface area contributed by atoms with E-state index in [2.05, 4.69) is 0 Å². The van der Waals surface area contributed by atoms with E-state index < -0.39 is 11.6 Å². The predicted molar refractivity (Wildman–Crippen MR) is 79.7 cm³/mol. The van der Waals surface area contributed by atoms with Crippen LogP contribution in [-0.4, -0.2) is 17.1 Å². The van der Waals surface area contributed by atoms with E-state index in [4.69, 9.17) is 0 Å². The van der Waals surface area contributed by atoms with Crippen molar-refractivity contribution in [2.24, 2.45) is 0 Å². The molecule has 102 valence electrons. The quantitative estimate of drug-likeness (QED) is 0.521. The highest BCUT2D eigenvalue weighted by Gasteiger charge is 2.09. The molecule has 2 aromatic carbocycles. The molecule has 2 aromatic rings. The summed E-state index contributed by atoms with van der Waals surface area (Å²) in [5.41, 5.74) is 0.828. The lowest BCUT2D eigenvalue weighted by Gasteiger charge is -2.00. The van der Waals surface area contributed by atoms with Crippen LogP contribution in [0.3, 0.4) is 0 Å². The van der Waals surface area contributed by atoms with Gasteiger partial charge in [-0.15, -0.1) is 11.8 Å². The van der Waals surface area contributed by atoms with Gasteiger partial charge in [-0.2, -0.15) is 0 Å². The van der Waals surface area contributed by atoms with Crippen LogP contribution in [0.2, 0.25) is 0 Å². The predicted octanol–water partition coefficient (Wildman–Crippen LogP) is 4.15. The fraction of sp³-hybridized carbons (Fsp3) is 0.0625. The van der Waals surface area contributed by atoms with E-state index in [1.54, 1.807) is 17.8 Å². The monoisotopic (exact) mass is 288 g/mol. The van der Waals surface area contributed by atoms with Crippen molar-refractivity contribution in [1.29, 1.82) is 0 Å². The SMILES string of the molecule is CSc1ccc(C=CC(=O)c2cc(F)ccc2O)cc1. The lowest BCUT2D eigenvalue weighted by molar-refractivity contribution is 0.104. The van der Waals surface area contributed by atoms with E-state index >= 15 is 0 Å². The third kappa shape index (κ3) is 3.48. The van der Waals surface area contributed by atoms with E-state index in [0.29, 0.717) is 0 Å². The van der Waals surface area contributed by atoms with Crippen molar-refractivity contribution in [2.45, 2.75) is 4.90 Å². The molecule has 0 aliphatic rings. The number of ketones is 1. The van der Waals surface area contributed by atoms with Crippen molar-refractivity contribution >= 4 is 23.6 Å². The fourth-order valence-corrected chi connectivity index (χ4v) is 2.09. The van der Waals surface area contributed by atoms with Gasteiger partial charge in [-0.1, -0.05) is 18.2 Å². The summed E-state index contributed by atoms with van der Waals surface area (Å²) in [6.45, 7) is 0. The molecular weight excluding hydrogens is 275 g/mol. The molecule has 0 saturated heterocycles. The molecule has 0 heterocycles. The maximum absolute atomic E-state index is 13.1. The first kappa shape index (κ1) is 14.3. The fourth-order valence-electron chi connectivity index (χ4n) is 1.68. The molecule has 0 radical (unpaired) electrons. The summed E-state index contributed by atoms with van der Waals surface area (Å²) in [5.74, 6) is -1.21. The maximum atomic E-state index is 13.1. The number of phenolic OH excluding ortho intramolecular Hbond substituents is 1. The van der Waals surface area contributed by atoms with Gasteiger partial charge in [0.2, 0.25) is 0 Å². The lowest BCUT2D eigenvalue weighted by Crippen LogP contribution is -1.95. The van der Waals surface area contributed by atoms with Gasteiger partial charge in [-0.3, -0.25) is 4.79 Å². The van der Waals surface area contributed by atoms with Gasteiger partial charge in [0, 0.05) is 4.90 Å². The van der Waals surface area contributed by atoms with Gasteiger partial charge < -0.3 is 5.11 Å². The number of phenols is 1. The van der Waals surface area contributed by atoms with Crippen molar-refractivity contribution in [1.82, 2.24) is 0 Å². The molecule has 0 unspecified atom stereocenters. The third-order valence-electron chi connectivity index (χ3n) is 2.77. The first-order valence-electron chi connectivity index (χ1n) is 5.95.